The first kappa shape index (κ1) is 38.4. The lowest BCUT2D eigenvalue weighted by Gasteiger charge is -2.33. The number of hydrogen-bond acceptors (Lipinski definition) is 4. The van der Waals surface area contributed by atoms with Crippen LogP contribution in [0.1, 0.15) is 183 Å². The molecule has 4 aliphatic carbocycles. The van der Waals surface area contributed by atoms with E-state index in [1.165, 1.54) is 33.4 Å². The van der Waals surface area contributed by atoms with Gasteiger partial charge in [0.25, 0.3) is 0 Å². The molecule has 0 saturated heterocycles. The van der Waals surface area contributed by atoms with E-state index in [4.69, 9.17) is 0 Å². The van der Waals surface area contributed by atoms with Crippen molar-refractivity contribution < 1.29 is 16.8 Å². The predicted octanol–water partition coefficient (Wildman–Crippen LogP) is 12.0. The van der Waals surface area contributed by atoms with E-state index in [1.807, 2.05) is 36.4 Å². The van der Waals surface area contributed by atoms with Gasteiger partial charge in [-0.15, -0.1) is 0 Å². The first-order chi connectivity index (χ1) is 29.5. The maximum absolute atomic E-state index is 15.1. The second-order valence-electron chi connectivity index (χ2n) is 19.9. The fourth-order valence-corrected chi connectivity index (χ4v) is 16.1. The van der Waals surface area contributed by atoms with Gasteiger partial charge < -0.3 is 0 Å². The van der Waals surface area contributed by atoms with Gasteiger partial charge in [-0.2, -0.15) is 0 Å². The maximum atomic E-state index is 15.1. The van der Waals surface area contributed by atoms with E-state index >= 15 is 16.8 Å². The van der Waals surface area contributed by atoms with Crippen LogP contribution in [0.25, 0.3) is 42.9 Å². The van der Waals surface area contributed by atoms with Gasteiger partial charge in [0.05, 0.1) is 19.6 Å². The van der Waals surface area contributed by atoms with Crippen molar-refractivity contribution >= 4 is 62.5 Å². The monoisotopic (exact) mass is 850 g/mol. The Morgan fingerprint density at radius 1 is 0.435 bits per heavy atom. The summed E-state index contributed by atoms with van der Waals surface area (Å²) >= 11 is 0. The van der Waals surface area contributed by atoms with E-state index < -0.39 is 19.7 Å². The molecule has 0 amide bonds. The van der Waals surface area contributed by atoms with Crippen molar-refractivity contribution in [3.63, 3.8) is 0 Å². The average Bonchev–Trinajstić information content (AvgIpc) is 3.90. The molecule has 0 saturated carbocycles. The molecule has 2 atom stereocenters. The van der Waals surface area contributed by atoms with Gasteiger partial charge in [0.2, 0.25) is 19.7 Å². The van der Waals surface area contributed by atoms with E-state index in [9.17, 15) is 0 Å². The Balaban J connectivity index is 1.32. The number of allylic oxidation sites excluding steroid dienone is 2. The zero-order chi connectivity index (χ0) is 43.4. The number of rotatable bonds is 4. The van der Waals surface area contributed by atoms with Crippen LogP contribution in [0, 0.1) is 0 Å². The normalized spacial score (nSPS) is 20.0. The standard InChI is InChI=1S/C56H50O4S2/c1-25(2)31-19-35(27(5)6)47-37(21-31)29(9)45-39-23-42-50-46(40(39)24-41-49(45)53(47)51-33-15-11-13-17-43(33)61(57,58)55(41)51)30(10)38-22-32(26(3)4)20-36(28(7)8)48(38)54(50)52-34-16-12-14-18-44(34)62(59,60)56(42)52/h11-30H,1-10H3. The lowest BCUT2D eigenvalue weighted by Crippen LogP contribution is -2.29. The smallest absolute Gasteiger partial charge is 0.208 e. The van der Waals surface area contributed by atoms with Gasteiger partial charge in [-0.3, -0.25) is 0 Å². The van der Waals surface area contributed by atoms with Gasteiger partial charge in [-0.1, -0.05) is 130 Å². The third-order valence-electron chi connectivity index (χ3n) is 15.2. The van der Waals surface area contributed by atoms with Crippen LogP contribution < -0.4 is 10.4 Å². The highest BCUT2D eigenvalue weighted by molar-refractivity contribution is 8.01. The number of benzene rings is 6. The molecule has 12 rings (SSSR count). The lowest BCUT2D eigenvalue weighted by molar-refractivity contribution is 0.605. The van der Waals surface area contributed by atoms with Crippen LogP contribution >= 0.6 is 0 Å². The molecule has 4 nitrogen and oxygen atoms in total. The molecule has 62 heavy (non-hydrogen) atoms. The minimum Gasteiger partial charge on any atom is -0.218 e. The Bertz CT molecular complexity index is 3390. The molecule has 310 valence electrons. The lowest BCUT2D eigenvalue weighted by atomic mass is 9.70. The number of fused-ring (bicyclic) bond motifs is 15. The third kappa shape index (κ3) is 4.43. The minimum atomic E-state index is -3.89. The van der Waals surface area contributed by atoms with Crippen LogP contribution in [-0.2, 0) is 19.7 Å². The van der Waals surface area contributed by atoms with Crippen LogP contribution in [-0.4, -0.2) is 16.8 Å². The summed E-state index contributed by atoms with van der Waals surface area (Å²) < 4.78 is 60.5. The molecule has 0 aromatic heterocycles. The average molecular weight is 851 g/mol. The van der Waals surface area contributed by atoms with Crippen molar-refractivity contribution in [1.82, 2.24) is 0 Å². The molecule has 0 fully saturated rings. The summed E-state index contributed by atoms with van der Waals surface area (Å²) in [6.07, 6.45) is 0. The fraction of sp³-hybridized carbons (Fsp3) is 0.286. The molecule has 6 heteroatoms. The molecule has 0 bridgehead atoms. The number of hydrogen-bond donors (Lipinski definition) is 0. The minimum absolute atomic E-state index is 0.104. The molecule has 0 N–H and O–H groups in total. The Morgan fingerprint density at radius 2 is 0.806 bits per heavy atom. The van der Waals surface area contributed by atoms with Gasteiger partial charge >= 0.3 is 0 Å². The number of sulfone groups is 2. The third-order valence-corrected chi connectivity index (χ3v) is 19.0. The van der Waals surface area contributed by atoms with Gasteiger partial charge in [-0.05, 0) is 136 Å². The zero-order valence-corrected chi connectivity index (χ0v) is 38.6. The van der Waals surface area contributed by atoms with Crippen LogP contribution in [0.5, 0.6) is 0 Å². The van der Waals surface area contributed by atoms with Gasteiger partial charge in [0, 0.05) is 45.2 Å². The SMILES string of the molecule is CC(C)c1cc(C(C)C)c2c(c1)C(C)c1c3c(cc4c5c6c(cc14)C1=C(C=6c4c(C(C)C)cc(C(C)C)cc4C5C)c4ccccc4S1(=O)=O)C1=C(C=32)c2ccccc2S1(=O)=O. The van der Waals surface area contributed by atoms with E-state index in [0.29, 0.717) is 31.4 Å². The van der Waals surface area contributed by atoms with Gasteiger partial charge in [0.1, 0.15) is 0 Å². The van der Waals surface area contributed by atoms with Crippen molar-refractivity contribution in [2.75, 3.05) is 0 Å². The molecule has 6 aromatic rings. The Kier molecular flexibility index (Phi) is 7.58. The molecule has 0 radical (unpaired) electrons. The Labute approximate surface area is 365 Å². The topological polar surface area (TPSA) is 68.3 Å². The quantitative estimate of drug-likeness (QED) is 0.177. The van der Waals surface area contributed by atoms with Crippen LogP contribution in [0.2, 0.25) is 0 Å². The largest absolute Gasteiger partial charge is 0.218 e. The summed E-state index contributed by atoms with van der Waals surface area (Å²) in [7, 11) is -7.77. The summed E-state index contributed by atoms with van der Waals surface area (Å²) in [6.45, 7) is 22.5. The highest BCUT2D eigenvalue weighted by Crippen LogP contribution is 2.60. The summed E-state index contributed by atoms with van der Waals surface area (Å²) in [6, 6.07) is 28.9. The maximum Gasteiger partial charge on any atom is 0.208 e. The van der Waals surface area contributed by atoms with Crippen molar-refractivity contribution in [3.05, 3.63) is 173 Å². The van der Waals surface area contributed by atoms with E-state index in [1.54, 1.807) is 12.1 Å². The highest BCUT2D eigenvalue weighted by Gasteiger charge is 2.49. The Morgan fingerprint density at radius 3 is 1.16 bits per heavy atom. The molecule has 2 unspecified atom stereocenters. The van der Waals surface area contributed by atoms with E-state index in [-0.39, 0.29) is 23.7 Å². The van der Waals surface area contributed by atoms with Crippen molar-refractivity contribution in [1.29, 1.82) is 0 Å². The molecule has 2 aliphatic heterocycles. The fourth-order valence-electron chi connectivity index (χ4n) is 12.3. The first-order valence-corrected chi connectivity index (χ1v) is 25.4. The predicted molar refractivity (Wildman–Crippen MR) is 253 cm³/mol. The van der Waals surface area contributed by atoms with Gasteiger partial charge in [0.15, 0.2) is 0 Å². The van der Waals surface area contributed by atoms with Crippen LogP contribution in [0.15, 0.2) is 94.7 Å². The van der Waals surface area contributed by atoms with Crippen LogP contribution in [0.4, 0.5) is 0 Å². The summed E-state index contributed by atoms with van der Waals surface area (Å²) in [5, 5.41) is 4.02. The highest BCUT2D eigenvalue weighted by atomic mass is 32.2. The Hall–Kier alpha value is -5.30. The van der Waals surface area contributed by atoms with Crippen molar-refractivity contribution in [2.45, 2.75) is 115 Å². The van der Waals surface area contributed by atoms with Gasteiger partial charge in [-0.25, -0.2) is 16.8 Å². The first-order valence-electron chi connectivity index (χ1n) is 22.4. The molecule has 0 spiro atoms. The molecule has 6 aromatic carbocycles. The summed E-state index contributed by atoms with van der Waals surface area (Å²) in [5.41, 5.74) is 18.7. The van der Waals surface area contributed by atoms with Crippen molar-refractivity contribution in [3.8, 4) is 0 Å². The molecular formula is C56H50O4S2. The molecular weight excluding hydrogens is 801 g/mol. The second-order valence-corrected chi connectivity index (χ2v) is 23.6. The second kappa shape index (κ2) is 12.2. The van der Waals surface area contributed by atoms with Crippen LogP contribution in [0.3, 0.4) is 0 Å². The zero-order valence-electron chi connectivity index (χ0n) is 37.0. The summed E-state index contributed by atoms with van der Waals surface area (Å²) in [5.74, 6) is 0.761. The van der Waals surface area contributed by atoms with Crippen molar-refractivity contribution in [2.24, 2.45) is 0 Å². The van der Waals surface area contributed by atoms with E-state index in [2.05, 4.69) is 106 Å². The summed E-state index contributed by atoms with van der Waals surface area (Å²) in [4.78, 5) is 1.57. The molecule has 6 aliphatic rings. The molecule has 2 heterocycles. The van der Waals surface area contributed by atoms with E-state index in [0.717, 1.165) is 88.0 Å².